The number of aromatic nitrogens is 1. The lowest BCUT2D eigenvalue weighted by Gasteiger charge is -2.33. The molecule has 0 radical (unpaired) electrons. The molecule has 0 saturated carbocycles. The molecule has 2 heterocycles. The van der Waals surface area contributed by atoms with Crippen molar-refractivity contribution in [3.05, 3.63) is 83.4 Å². The number of hydrogen-bond donors (Lipinski definition) is 0. The summed E-state index contributed by atoms with van der Waals surface area (Å²) in [6, 6.07) is 19.4. The molecule has 5 nitrogen and oxygen atoms in total. The maximum Gasteiger partial charge on any atom is 0.246 e. The number of piperidine rings is 1. The summed E-state index contributed by atoms with van der Waals surface area (Å²) in [7, 11) is 0. The molecule has 6 heteroatoms. The van der Waals surface area contributed by atoms with E-state index in [1.807, 2.05) is 83.9 Å². The van der Waals surface area contributed by atoms with E-state index < -0.39 is 0 Å². The standard InChI is InChI=1S/C25H25N3O2S/c1-19-18-31-25(26-19)28(22-10-6-3-7-11-22)24(30)21-14-16-27(17-15-21)23(29)13-12-20-8-4-2-5-9-20/h2-13,18,21H,14-17H2,1H3/b13-12-. The number of carbonyl (C=O) groups is 2. The zero-order chi connectivity index (χ0) is 21.6. The van der Waals surface area contributed by atoms with Gasteiger partial charge in [0, 0.05) is 30.5 Å². The van der Waals surface area contributed by atoms with Crippen LogP contribution in [-0.4, -0.2) is 34.8 Å². The fraction of sp³-hybridized carbons (Fsp3) is 0.240. The lowest BCUT2D eigenvalue weighted by molar-refractivity contribution is -0.130. The molecule has 0 unspecified atom stereocenters. The fourth-order valence-electron chi connectivity index (χ4n) is 3.72. The van der Waals surface area contributed by atoms with Gasteiger partial charge in [0.25, 0.3) is 0 Å². The van der Waals surface area contributed by atoms with Crippen LogP contribution in [0.4, 0.5) is 10.8 Å². The van der Waals surface area contributed by atoms with E-state index in [9.17, 15) is 9.59 Å². The van der Waals surface area contributed by atoms with Crippen molar-refractivity contribution in [3.63, 3.8) is 0 Å². The molecule has 2 amide bonds. The molecule has 1 saturated heterocycles. The first-order valence-electron chi connectivity index (χ1n) is 10.4. The maximum atomic E-state index is 13.5. The lowest BCUT2D eigenvalue weighted by atomic mass is 9.95. The van der Waals surface area contributed by atoms with Crippen molar-refractivity contribution in [1.29, 1.82) is 0 Å². The summed E-state index contributed by atoms with van der Waals surface area (Å²) in [5.41, 5.74) is 2.73. The molecule has 0 bridgehead atoms. The Kier molecular flexibility index (Phi) is 6.57. The highest BCUT2D eigenvalue weighted by molar-refractivity contribution is 7.14. The number of anilines is 2. The third-order valence-electron chi connectivity index (χ3n) is 5.41. The number of thiazole rings is 1. The van der Waals surface area contributed by atoms with Crippen molar-refractivity contribution >= 4 is 40.0 Å². The molecule has 1 aliphatic heterocycles. The zero-order valence-electron chi connectivity index (χ0n) is 17.5. The molecule has 158 valence electrons. The van der Waals surface area contributed by atoms with Gasteiger partial charge in [-0.2, -0.15) is 0 Å². The molecule has 3 aromatic rings. The van der Waals surface area contributed by atoms with E-state index in [1.165, 1.54) is 11.3 Å². The van der Waals surface area contributed by atoms with Gasteiger partial charge in [-0.1, -0.05) is 48.5 Å². The summed E-state index contributed by atoms with van der Waals surface area (Å²) in [5, 5.41) is 2.65. The number of likely N-dealkylation sites (tertiary alicyclic amines) is 1. The van der Waals surface area contributed by atoms with Gasteiger partial charge in [-0.25, -0.2) is 4.98 Å². The van der Waals surface area contributed by atoms with Crippen LogP contribution in [0, 0.1) is 12.8 Å². The molecule has 1 fully saturated rings. The topological polar surface area (TPSA) is 53.5 Å². The van der Waals surface area contributed by atoms with Gasteiger partial charge in [-0.05, 0) is 43.5 Å². The van der Waals surface area contributed by atoms with Crippen LogP contribution in [-0.2, 0) is 9.59 Å². The third-order valence-corrected chi connectivity index (χ3v) is 6.35. The van der Waals surface area contributed by atoms with Gasteiger partial charge < -0.3 is 4.90 Å². The summed E-state index contributed by atoms with van der Waals surface area (Å²) in [4.78, 5) is 34.1. The Balaban J connectivity index is 1.42. The van der Waals surface area contributed by atoms with E-state index in [0.29, 0.717) is 31.1 Å². The summed E-state index contributed by atoms with van der Waals surface area (Å²) in [6.07, 6.45) is 4.75. The average Bonchev–Trinajstić information content (AvgIpc) is 3.24. The maximum absolute atomic E-state index is 13.5. The molecule has 0 spiro atoms. The van der Waals surface area contributed by atoms with Crippen LogP contribution in [0.1, 0.15) is 24.1 Å². The highest BCUT2D eigenvalue weighted by Crippen LogP contribution is 2.32. The Hall–Kier alpha value is -3.25. The number of rotatable bonds is 5. The smallest absolute Gasteiger partial charge is 0.246 e. The van der Waals surface area contributed by atoms with Crippen molar-refractivity contribution in [2.75, 3.05) is 18.0 Å². The number of aryl methyl sites for hydroxylation is 1. The Labute approximate surface area is 186 Å². The second kappa shape index (κ2) is 9.71. The van der Waals surface area contributed by atoms with Gasteiger partial charge in [0.1, 0.15) is 0 Å². The van der Waals surface area contributed by atoms with Crippen molar-refractivity contribution in [2.24, 2.45) is 5.92 Å². The van der Waals surface area contributed by atoms with Crippen LogP contribution in [0.3, 0.4) is 0 Å². The Morgan fingerprint density at radius 2 is 1.68 bits per heavy atom. The Morgan fingerprint density at radius 3 is 2.29 bits per heavy atom. The predicted molar refractivity (Wildman–Crippen MR) is 125 cm³/mol. The van der Waals surface area contributed by atoms with Crippen LogP contribution in [0.15, 0.2) is 72.1 Å². The Morgan fingerprint density at radius 1 is 1.03 bits per heavy atom. The van der Waals surface area contributed by atoms with Crippen molar-refractivity contribution in [3.8, 4) is 0 Å². The van der Waals surface area contributed by atoms with Crippen LogP contribution >= 0.6 is 11.3 Å². The van der Waals surface area contributed by atoms with Gasteiger partial charge in [0.05, 0.1) is 11.4 Å². The first kappa shape index (κ1) is 21.0. The molecule has 0 atom stereocenters. The summed E-state index contributed by atoms with van der Waals surface area (Å²) in [5.74, 6) is -0.0933. The Bertz CT molecular complexity index is 1050. The molecule has 2 aromatic carbocycles. The quantitative estimate of drug-likeness (QED) is 0.530. The molecule has 1 aliphatic rings. The van der Waals surface area contributed by atoms with Gasteiger partial charge >= 0.3 is 0 Å². The minimum Gasteiger partial charge on any atom is -0.339 e. The summed E-state index contributed by atoms with van der Waals surface area (Å²) >= 11 is 1.48. The van der Waals surface area contributed by atoms with Gasteiger partial charge in [0.2, 0.25) is 11.8 Å². The minimum absolute atomic E-state index is 0.00906. The monoisotopic (exact) mass is 431 g/mol. The SMILES string of the molecule is Cc1csc(N(C(=O)C2CCN(C(=O)/C=C\c3ccccc3)CC2)c2ccccc2)n1. The third kappa shape index (κ3) is 5.09. The van der Waals surface area contributed by atoms with Gasteiger partial charge in [-0.15, -0.1) is 11.3 Å². The molecule has 31 heavy (non-hydrogen) atoms. The van der Waals surface area contributed by atoms with Crippen molar-refractivity contribution < 1.29 is 9.59 Å². The second-order valence-corrected chi connectivity index (χ2v) is 8.46. The molecule has 4 rings (SSSR count). The summed E-state index contributed by atoms with van der Waals surface area (Å²) < 4.78 is 0. The first-order valence-corrected chi connectivity index (χ1v) is 11.3. The van der Waals surface area contributed by atoms with Crippen LogP contribution in [0.2, 0.25) is 0 Å². The van der Waals surface area contributed by atoms with E-state index in [0.717, 1.165) is 16.9 Å². The number of carbonyl (C=O) groups excluding carboxylic acids is 2. The number of amides is 2. The number of hydrogen-bond acceptors (Lipinski definition) is 4. The molecular formula is C25H25N3O2S. The molecular weight excluding hydrogens is 406 g/mol. The largest absolute Gasteiger partial charge is 0.339 e. The number of para-hydroxylation sites is 1. The van der Waals surface area contributed by atoms with Crippen LogP contribution < -0.4 is 4.90 Å². The predicted octanol–water partition coefficient (Wildman–Crippen LogP) is 5.07. The highest BCUT2D eigenvalue weighted by Gasteiger charge is 2.32. The number of nitrogens with zero attached hydrogens (tertiary/aromatic N) is 3. The molecule has 0 N–H and O–H groups in total. The molecule has 1 aromatic heterocycles. The highest BCUT2D eigenvalue weighted by atomic mass is 32.1. The van der Waals surface area contributed by atoms with Gasteiger partial charge in [-0.3, -0.25) is 14.5 Å². The average molecular weight is 432 g/mol. The van der Waals surface area contributed by atoms with E-state index in [-0.39, 0.29) is 17.7 Å². The number of benzene rings is 2. The normalized spacial score (nSPS) is 14.7. The van der Waals surface area contributed by atoms with Crippen LogP contribution in [0.5, 0.6) is 0 Å². The zero-order valence-corrected chi connectivity index (χ0v) is 18.3. The second-order valence-electron chi connectivity index (χ2n) is 7.62. The van der Waals surface area contributed by atoms with E-state index in [2.05, 4.69) is 4.98 Å². The molecule has 0 aliphatic carbocycles. The van der Waals surface area contributed by atoms with E-state index >= 15 is 0 Å². The van der Waals surface area contributed by atoms with Crippen LogP contribution in [0.25, 0.3) is 6.08 Å². The van der Waals surface area contributed by atoms with E-state index in [1.54, 1.807) is 11.0 Å². The van der Waals surface area contributed by atoms with E-state index in [4.69, 9.17) is 0 Å². The first-order chi connectivity index (χ1) is 15.1. The van der Waals surface area contributed by atoms with Crippen molar-refractivity contribution in [1.82, 2.24) is 9.88 Å². The van der Waals surface area contributed by atoms with Crippen molar-refractivity contribution in [2.45, 2.75) is 19.8 Å². The minimum atomic E-state index is -0.133. The lowest BCUT2D eigenvalue weighted by Crippen LogP contribution is -2.43. The van der Waals surface area contributed by atoms with Gasteiger partial charge in [0.15, 0.2) is 5.13 Å². The fourth-order valence-corrected chi connectivity index (χ4v) is 4.55. The summed E-state index contributed by atoms with van der Waals surface area (Å²) in [6.45, 7) is 3.09.